The molecule has 2 aliphatic heterocycles. The molecule has 0 unspecified atom stereocenters. The van der Waals surface area contributed by atoms with E-state index in [0.29, 0.717) is 82.7 Å². The molecule has 7 fully saturated rings. The van der Waals surface area contributed by atoms with Gasteiger partial charge in [-0.05, 0) is 248 Å². The molecule has 27 nitrogen and oxygen atoms in total. The maximum atomic E-state index is 12.0. The zero-order valence-electron chi connectivity index (χ0n) is 67.7. The van der Waals surface area contributed by atoms with Gasteiger partial charge >= 0.3 is 11.6 Å². The second kappa shape index (κ2) is 46.6. The number of carbonyl (C=O) groups is 2. The van der Waals surface area contributed by atoms with Crippen LogP contribution in [0.25, 0.3) is 43.6 Å². The molecule has 120 heavy (non-hydrogen) atoms. The van der Waals surface area contributed by atoms with E-state index in [2.05, 4.69) is 148 Å². The summed E-state index contributed by atoms with van der Waals surface area (Å²) in [6, 6.07) is 44.4. The van der Waals surface area contributed by atoms with Crippen molar-refractivity contribution in [3.8, 4) is 11.5 Å². The van der Waals surface area contributed by atoms with Gasteiger partial charge in [-0.3, -0.25) is 14.4 Å². The zero-order chi connectivity index (χ0) is 83.2. The second-order valence-electron chi connectivity index (χ2n) is 30.0. The minimum Gasteiger partial charge on any atom is -0.496 e. The van der Waals surface area contributed by atoms with Crippen LogP contribution < -0.4 is 63.4 Å². The minimum absolute atomic E-state index is 0. The number of aromatic carboxylic acids is 1. The van der Waals surface area contributed by atoms with Crippen LogP contribution in [0.3, 0.4) is 0 Å². The number of hydrogen-bond acceptors (Lipinski definition) is 23. The summed E-state index contributed by atoms with van der Waals surface area (Å²) in [5.74, 6) is 8.50. The first-order chi connectivity index (χ1) is 56.6. The van der Waals surface area contributed by atoms with Gasteiger partial charge in [0, 0.05) is 112 Å². The van der Waals surface area contributed by atoms with Crippen molar-refractivity contribution in [1.29, 1.82) is 0 Å². The third-order valence-electron chi connectivity index (χ3n) is 21.0. The van der Waals surface area contributed by atoms with Crippen molar-refractivity contribution in [2.24, 2.45) is 5.92 Å². The lowest BCUT2D eigenvalue weighted by molar-refractivity contribution is -0.112. The highest BCUT2D eigenvalue weighted by Gasteiger charge is 2.33. The molecular formula is C89H112Br3ClN14O13. The molecule has 5 aliphatic carbocycles. The van der Waals surface area contributed by atoms with Gasteiger partial charge in [0.1, 0.15) is 34.8 Å². The van der Waals surface area contributed by atoms with Crippen LogP contribution >= 0.6 is 59.4 Å². The topological polar surface area (TPSA) is 420 Å². The lowest BCUT2D eigenvalue weighted by Gasteiger charge is -2.34. The average molecular weight is 1860 g/mol. The Morgan fingerprint density at radius 2 is 1.01 bits per heavy atom. The molecule has 11 aromatic rings. The third kappa shape index (κ3) is 27.3. The zero-order valence-corrected chi connectivity index (χ0v) is 73.2. The summed E-state index contributed by atoms with van der Waals surface area (Å²) in [5, 5.41) is 43.8. The van der Waals surface area contributed by atoms with Crippen LogP contribution in [0.15, 0.2) is 172 Å². The first-order valence-electron chi connectivity index (χ1n) is 39.8. The Bertz CT molecular complexity index is 5270. The molecule has 4 aromatic heterocycles. The fraction of sp³-hybridized carbons (Fsp3) is 0.416. The van der Waals surface area contributed by atoms with Crippen LogP contribution in [0.2, 0.25) is 0 Å². The van der Waals surface area contributed by atoms with Crippen molar-refractivity contribution in [3.63, 3.8) is 0 Å². The molecule has 0 bridgehead atoms. The van der Waals surface area contributed by atoms with E-state index in [-0.39, 0.29) is 78.0 Å². The Morgan fingerprint density at radius 1 is 0.558 bits per heavy atom. The van der Waals surface area contributed by atoms with Crippen LogP contribution in [-0.4, -0.2) is 173 Å². The molecule has 31 heteroatoms. The number of ether oxygens (including phenoxy) is 2. The predicted molar refractivity (Wildman–Crippen MR) is 489 cm³/mol. The number of nitrogen functional groups attached to an aromatic ring is 1. The summed E-state index contributed by atoms with van der Waals surface area (Å²) in [4.78, 5) is 91.3. The molecule has 644 valence electrons. The highest BCUT2D eigenvalue weighted by Crippen LogP contribution is 2.44. The monoisotopic (exact) mass is 1860 g/mol. The van der Waals surface area contributed by atoms with E-state index in [0.717, 1.165) is 172 Å². The molecule has 0 amide bonds. The number of nitrogens with two attached hydrogens (primary N) is 1. The number of methoxy groups -OCH3 is 2. The highest BCUT2D eigenvalue weighted by atomic mass is 79.9. The van der Waals surface area contributed by atoms with Crippen molar-refractivity contribution in [1.82, 2.24) is 51.7 Å². The number of likely N-dealkylation sites (N-methyl/N-ethyl adjacent to an activating group) is 3. The number of H-pyrrole nitrogens is 2. The van der Waals surface area contributed by atoms with Crippen molar-refractivity contribution in [3.05, 3.63) is 224 Å². The maximum Gasteiger partial charge on any atom is 0.346 e. The standard InChI is InChI=1S/C26H32N4O2.C14H17N3O2.C12H17NO.C11H9BrN2O.C11H8BrNO2.C7H6BrNO2.C4H5ClO.C3H9NO.CH4.H3N.H2O/c1-29(15-16-31)20-9-10-22-23(17-20)27-25(19-7-8-19)28-26(22)30-13-11-18(12-14-30)21-5-3-4-6-24(21)32-2;1-17(6-7-18)10-4-5-11-12(8-10)15-13(9-2-3-9)16-14(11)19;1-14-12-5-3-2-4-11(12)10-6-8-13-9-7-10;12-7-3-4-8-9(5-7)13-10(6-1-2-6)14-11(8)15;12-7-3-4-8-9(5-7)13-10(6-1-2-6)15-11(8)14;8-4-1-2-5(7(10)11)6(9)3-4;5-4(6)3-1-2-3;1-4-2-3-5;;;/h3-6,9-10,17-19,31H,7-8,11-16H2,1-2H3;4-5,8-9,18H,2-3,6-7H2,1H3,(H,15,16,19);2-5,10,13H,6-9H2,1H3;3-6H,1-2H2,(H,13,14,15);3-6H,1-2H2;1-3H,9H2,(H,10,11);3H,1-2H2;4-5H,2-3H2,1H3;1H4;1H3;1H2. The minimum atomic E-state index is -1.00. The van der Waals surface area contributed by atoms with Crippen LogP contribution in [0.1, 0.15) is 178 Å². The SMILES string of the molecule is C.CN(CCO)c1ccc2c(=O)[nH]c(C3CC3)nc2c1.CNCCO.COc1ccccc1C1CCN(c2nc(C3CC3)nc3cc(N(C)CCO)ccc23)CC1.COc1ccccc1C1CCNCC1.N.Nc1cc(Br)ccc1C(=O)O.O.O=C(Cl)C1CC1.O=c1[nH]c(C2CC2)nc2cc(Br)ccc12.O=c1oc(C2CC2)nc2cc(Br)ccc12. The molecule has 2 saturated heterocycles. The summed E-state index contributed by atoms with van der Waals surface area (Å²) in [6.45, 7) is 6.54. The van der Waals surface area contributed by atoms with E-state index >= 15 is 0 Å². The lowest BCUT2D eigenvalue weighted by Crippen LogP contribution is -2.34. The van der Waals surface area contributed by atoms with Crippen molar-refractivity contribution in [2.75, 3.05) is 121 Å². The number of carboxylic acids is 1. The molecule has 0 atom stereocenters. The highest BCUT2D eigenvalue weighted by molar-refractivity contribution is 9.11. The summed E-state index contributed by atoms with van der Waals surface area (Å²) in [5.41, 5.74) is 13.4. The fourth-order valence-corrected chi connectivity index (χ4v) is 14.8. The molecule has 6 heterocycles. The lowest BCUT2D eigenvalue weighted by atomic mass is 9.88. The molecule has 18 rings (SSSR count). The number of piperidine rings is 2. The van der Waals surface area contributed by atoms with E-state index in [4.69, 9.17) is 56.5 Å². The van der Waals surface area contributed by atoms with Crippen molar-refractivity contribution < 1.29 is 49.4 Å². The molecule has 0 spiro atoms. The Hall–Kier alpha value is -9.31. The van der Waals surface area contributed by atoms with Gasteiger partial charge in [-0.25, -0.2) is 34.5 Å². The number of aromatic amines is 2. The number of aromatic nitrogens is 7. The van der Waals surface area contributed by atoms with E-state index in [1.807, 2.05) is 67.5 Å². The number of carbonyl (C=O) groups excluding carboxylic acids is 1. The normalized spacial score (nSPS) is 15.2. The second-order valence-corrected chi connectivity index (χ2v) is 33.1. The number of anilines is 4. The Morgan fingerprint density at radius 3 is 1.45 bits per heavy atom. The van der Waals surface area contributed by atoms with Crippen LogP contribution in [0.5, 0.6) is 11.5 Å². The third-order valence-corrected chi connectivity index (χ3v) is 22.8. The first kappa shape index (κ1) is 96.2. The van der Waals surface area contributed by atoms with Crippen molar-refractivity contribution in [2.45, 2.75) is 133 Å². The number of carboxylic acid groups (broad SMARTS) is 1. The number of fused-ring (bicyclic) bond motifs is 4. The van der Waals surface area contributed by atoms with Gasteiger partial charge in [-0.15, -0.1) is 0 Å². The fourth-order valence-electron chi connectivity index (χ4n) is 13.6. The summed E-state index contributed by atoms with van der Waals surface area (Å²) < 4.78 is 18.8. The van der Waals surface area contributed by atoms with Crippen molar-refractivity contribution >= 4 is 137 Å². The van der Waals surface area contributed by atoms with E-state index in [9.17, 15) is 29.1 Å². The number of rotatable bonds is 19. The Kier molecular flexibility index (Phi) is 37.4. The number of halogens is 4. The van der Waals surface area contributed by atoms with E-state index in [1.165, 1.54) is 42.9 Å². The van der Waals surface area contributed by atoms with Crippen LogP contribution in [0, 0.1) is 5.92 Å². The maximum absolute atomic E-state index is 12.0. The molecule has 5 saturated carbocycles. The molecule has 0 radical (unpaired) electrons. The van der Waals surface area contributed by atoms with Gasteiger partial charge in [0.15, 0.2) is 0 Å². The summed E-state index contributed by atoms with van der Waals surface area (Å²) in [6.07, 6.45) is 15.7. The number of hydrogen-bond donors (Lipinski definition) is 10. The van der Waals surface area contributed by atoms with E-state index < -0.39 is 5.97 Å². The number of nitrogens with one attached hydrogen (secondary N) is 4. The van der Waals surface area contributed by atoms with Crippen LogP contribution in [-0.2, 0) is 4.79 Å². The van der Waals surface area contributed by atoms with Crippen LogP contribution in [0.4, 0.5) is 22.9 Å². The molecule has 15 N–H and O–H groups in total. The summed E-state index contributed by atoms with van der Waals surface area (Å²) >= 11 is 15.0. The summed E-state index contributed by atoms with van der Waals surface area (Å²) in [7, 11) is 9.22. The molecular weight excluding hydrogens is 1750 g/mol. The smallest absolute Gasteiger partial charge is 0.346 e. The largest absolute Gasteiger partial charge is 0.496 e. The Labute approximate surface area is 729 Å². The van der Waals surface area contributed by atoms with Gasteiger partial charge in [0.05, 0.1) is 77.8 Å². The van der Waals surface area contributed by atoms with E-state index in [1.54, 1.807) is 51.6 Å². The van der Waals surface area contributed by atoms with Gasteiger partial charge in [0.2, 0.25) is 11.1 Å². The molecule has 7 aliphatic rings. The predicted octanol–water partition coefficient (Wildman–Crippen LogP) is 15.2. The number of aliphatic hydroxyl groups is 3. The number of para-hydroxylation sites is 2. The number of nitrogens with zero attached hydrogens (tertiary/aromatic N) is 8. The quantitative estimate of drug-likeness (QED) is 0.0265. The Balaban J connectivity index is 0.000000179. The van der Waals surface area contributed by atoms with Gasteiger partial charge in [-0.2, -0.15) is 0 Å². The van der Waals surface area contributed by atoms with Gasteiger partial charge in [-0.1, -0.05) is 91.6 Å². The van der Waals surface area contributed by atoms with Gasteiger partial charge < -0.3 is 87.0 Å². The molecule has 7 aromatic carbocycles. The number of benzene rings is 7. The average Bonchev–Trinajstić information content (AvgIpc) is 1.49. The first-order valence-corrected chi connectivity index (χ1v) is 42.6. The van der Waals surface area contributed by atoms with Gasteiger partial charge in [0.25, 0.3) is 11.1 Å². The number of aliphatic hydroxyl groups excluding tert-OH is 3.